The van der Waals surface area contributed by atoms with Gasteiger partial charge in [-0.3, -0.25) is 9.69 Å². The van der Waals surface area contributed by atoms with E-state index in [0.717, 1.165) is 6.54 Å². The fraction of sp³-hybridized carbons (Fsp3) is 0.462. The first-order valence-electron chi connectivity index (χ1n) is 5.82. The zero-order valence-electron chi connectivity index (χ0n) is 10.5. The van der Waals surface area contributed by atoms with Gasteiger partial charge < -0.3 is 11.1 Å². The molecule has 4 nitrogen and oxygen atoms in total. The summed E-state index contributed by atoms with van der Waals surface area (Å²) in [5.41, 5.74) is 6.94. The first-order chi connectivity index (χ1) is 8.17. The van der Waals surface area contributed by atoms with Crippen LogP contribution in [0.15, 0.2) is 30.3 Å². The van der Waals surface area contributed by atoms with E-state index in [1.807, 2.05) is 25.2 Å². The Balaban J connectivity index is 2.54. The molecule has 0 saturated heterocycles. The summed E-state index contributed by atoms with van der Waals surface area (Å²) < 4.78 is 0. The highest BCUT2D eigenvalue weighted by atomic mass is 16.1. The van der Waals surface area contributed by atoms with Crippen LogP contribution in [-0.4, -0.2) is 37.5 Å². The topological polar surface area (TPSA) is 58.4 Å². The second kappa shape index (κ2) is 7.04. The SMILES string of the molecule is CNC(=O)CC(CN)N(C)Cc1ccccc1. The molecule has 3 N–H and O–H groups in total. The van der Waals surface area contributed by atoms with Crippen molar-refractivity contribution in [2.24, 2.45) is 5.73 Å². The molecule has 94 valence electrons. The number of carbonyl (C=O) groups excluding carboxylic acids is 1. The highest BCUT2D eigenvalue weighted by Gasteiger charge is 2.16. The molecule has 0 fully saturated rings. The van der Waals surface area contributed by atoms with Crippen LogP contribution in [0.5, 0.6) is 0 Å². The third-order valence-corrected chi connectivity index (χ3v) is 2.87. The molecule has 1 unspecified atom stereocenters. The molecule has 1 aromatic rings. The van der Waals surface area contributed by atoms with Crippen molar-refractivity contribution in [3.05, 3.63) is 35.9 Å². The van der Waals surface area contributed by atoms with Gasteiger partial charge in [0, 0.05) is 32.6 Å². The lowest BCUT2D eigenvalue weighted by Gasteiger charge is -2.26. The number of rotatable bonds is 6. The van der Waals surface area contributed by atoms with Crippen molar-refractivity contribution < 1.29 is 4.79 Å². The Morgan fingerprint density at radius 1 is 1.41 bits per heavy atom. The minimum Gasteiger partial charge on any atom is -0.359 e. The van der Waals surface area contributed by atoms with E-state index in [-0.39, 0.29) is 11.9 Å². The molecule has 0 bridgehead atoms. The molecule has 1 aromatic carbocycles. The van der Waals surface area contributed by atoms with Crippen LogP contribution in [0, 0.1) is 0 Å². The second-order valence-corrected chi connectivity index (χ2v) is 4.17. The Morgan fingerprint density at radius 2 is 2.06 bits per heavy atom. The minimum atomic E-state index is 0.0281. The van der Waals surface area contributed by atoms with Gasteiger partial charge in [-0.05, 0) is 12.6 Å². The van der Waals surface area contributed by atoms with Crippen LogP contribution >= 0.6 is 0 Å². The molecule has 0 radical (unpaired) electrons. The van der Waals surface area contributed by atoms with Crippen LogP contribution in [-0.2, 0) is 11.3 Å². The summed E-state index contributed by atoms with van der Waals surface area (Å²) in [6.45, 7) is 1.29. The van der Waals surface area contributed by atoms with Gasteiger partial charge in [-0.25, -0.2) is 0 Å². The average Bonchev–Trinajstić information content (AvgIpc) is 2.36. The Labute approximate surface area is 103 Å². The fourth-order valence-electron chi connectivity index (χ4n) is 1.74. The molecule has 17 heavy (non-hydrogen) atoms. The van der Waals surface area contributed by atoms with Gasteiger partial charge >= 0.3 is 0 Å². The zero-order chi connectivity index (χ0) is 12.7. The molecule has 0 saturated carbocycles. The molecule has 0 aliphatic heterocycles. The van der Waals surface area contributed by atoms with Crippen molar-refractivity contribution in [2.75, 3.05) is 20.6 Å². The number of carbonyl (C=O) groups is 1. The van der Waals surface area contributed by atoms with E-state index in [1.54, 1.807) is 7.05 Å². The lowest BCUT2D eigenvalue weighted by Crippen LogP contribution is -2.40. The summed E-state index contributed by atoms with van der Waals surface area (Å²) >= 11 is 0. The summed E-state index contributed by atoms with van der Waals surface area (Å²) in [5.74, 6) is 0.0281. The van der Waals surface area contributed by atoms with Crippen molar-refractivity contribution in [3.63, 3.8) is 0 Å². The molecule has 0 aromatic heterocycles. The van der Waals surface area contributed by atoms with Crippen LogP contribution in [0.25, 0.3) is 0 Å². The highest BCUT2D eigenvalue weighted by Crippen LogP contribution is 2.07. The molecule has 0 aliphatic carbocycles. The molecule has 0 heterocycles. The molecule has 0 spiro atoms. The van der Waals surface area contributed by atoms with Crippen molar-refractivity contribution in [3.8, 4) is 0 Å². The lowest BCUT2D eigenvalue weighted by atomic mass is 10.1. The smallest absolute Gasteiger partial charge is 0.221 e. The number of nitrogens with two attached hydrogens (primary N) is 1. The van der Waals surface area contributed by atoms with E-state index in [2.05, 4.69) is 22.3 Å². The Bertz CT molecular complexity index is 340. The Kier molecular flexibility index (Phi) is 5.66. The first kappa shape index (κ1) is 13.7. The van der Waals surface area contributed by atoms with Crippen molar-refractivity contribution in [1.29, 1.82) is 0 Å². The number of hydrogen-bond donors (Lipinski definition) is 2. The van der Waals surface area contributed by atoms with E-state index in [4.69, 9.17) is 5.73 Å². The van der Waals surface area contributed by atoms with Crippen molar-refractivity contribution >= 4 is 5.91 Å². The second-order valence-electron chi connectivity index (χ2n) is 4.17. The zero-order valence-corrected chi connectivity index (χ0v) is 10.5. The monoisotopic (exact) mass is 235 g/mol. The molecular weight excluding hydrogens is 214 g/mol. The molecule has 1 rings (SSSR count). The summed E-state index contributed by atoms with van der Waals surface area (Å²) in [6.07, 6.45) is 0.441. The average molecular weight is 235 g/mol. The third-order valence-electron chi connectivity index (χ3n) is 2.87. The predicted octanol–water partition coefficient (Wildman–Crippen LogP) is 0.582. The van der Waals surface area contributed by atoms with Gasteiger partial charge in [-0.2, -0.15) is 0 Å². The lowest BCUT2D eigenvalue weighted by molar-refractivity contribution is -0.121. The highest BCUT2D eigenvalue weighted by molar-refractivity contribution is 5.76. The van der Waals surface area contributed by atoms with Gasteiger partial charge in [-0.1, -0.05) is 30.3 Å². The van der Waals surface area contributed by atoms with E-state index in [1.165, 1.54) is 5.56 Å². The molecule has 0 aliphatic rings. The van der Waals surface area contributed by atoms with Gasteiger partial charge in [0.2, 0.25) is 5.91 Å². The molecule has 4 heteroatoms. The summed E-state index contributed by atoms with van der Waals surface area (Å²) in [7, 11) is 3.64. The van der Waals surface area contributed by atoms with Gasteiger partial charge in [0.15, 0.2) is 0 Å². The van der Waals surface area contributed by atoms with Crippen LogP contribution in [0.1, 0.15) is 12.0 Å². The van der Waals surface area contributed by atoms with Crippen molar-refractivity contribution in [2.45, 2.75) is 19.0 Å². The number of nitrogens with zero attached hydrogens (tertiary/aromatic N) is 1. The molecular formula is C13H21N3O. The maximum atomic E-state index is 11.3. The van der Waals surface area contributed by atoms with Crippen LogP contribution in [0.2, 0.25) is 0 Å². The largest absolute Gasteiger partial charge is 0.359 e. The van der Waals surface area contributed by atoms with Gasteiger partial charge in [0.25, 0.3) is 0 Å². The van der Waals surface area contributed by atoms with Gasteiger partial charge in [0.05, 0.1) is 0 Å². The summed E-state index contributed by atoms with van der Waals surface area (Å²) in [4.78, 5) is 13.5. The number of likely N-dealkylation sites (N-methyl/N-ethyl adjacent to an activating group) is 1. The molecule has 1 atom stereocenters. The Morgan fingerprint density at radius 3 is 2.59 bits per heavy atom. The van der Waals surface area contributed by atoms with E-state index in [9.17, 15) is 4.79 Å². The van der Waals surface area contributed by atoms with Crippen LogP contribution in [0.4, 0.5) is 0 Å². The number of hydrogen-bond acceptors (Lipinski definition) is 3. The summed E-state index contributed by atoms with van der Waals surface area (Å²) in [6, 6.07) is 10.2. The fourth-order valence-corrected chi connectivity index (χ4v) is 1.74. The van der Waals surface area contributed by atoms with Gasteiger partial charge in [0.1, 0.15) is 0 Å². The summed E-state index contributed by atoms with van der Waals surface area (Å²) in [5, 5.41) is 2.63. The van der Waals surface area contributed by atoms with E-state index < -0.39 is 0 Å². The van der Waals surface area contributed by atoms with E-state index >= 15 is 0 Å². The Hall–Kier alpha value is -1.39. The number of amides is 1. The van der Waals surface area contributed by atoms with Crippen molar-refractivity contribution in [1.82, 2.24) is 10.2 Å². The predicted molar refractivity (Wildman–Crippen MR) is 69.4 cm³/mol. The molecule has 1 amide bonds. The standard InChI is InChI=1S/C13H21N3O/c1-15-13(17)8-12(9-14)16(2)10-11-6-4-3-5-7-11/h3-7,12H,8-10,14H2,1-2H3,(H,15,17). The third kappa shape index (κ3) is 4.54. The number of nitrogens with one attached hydrogen (secondary N) is 1. The normalized spacial score (nSPS) is 12.5. The van der Waals surface area contributed by atoms with Crippen LogP contribution < -0.4 is 11.1 Å². The van der Waals surface area contributed by atoms with E-state index in [0.29, 0.717) is 13.0 Å². The maximum Gasteiger partial charge on any atom is 0.221 e. The van der Waals surface area contributed by atoms with Crippen LogP contribution in [0.3, 0.4) is 0 Å². The maximum absolute atomic E-state index is 11.3. The number of benzene rings is 1. The minimum absolute atomic E-state index is 0.0281. The first-order valence-corrected chi connectivity index (χ1v) is 5.82. The quantitative estimate of drug-likeness (QED) is 0.758. The van der Waals surface area contributed by atoms with Gasteiger partial charge in [-0.15, -0.1) is 0 Å².